The van der Waals surface area contributed by atoms with Gasteiger partial charge in [0.15, 0.2) is 5.78 Å². The fourth-order valence-corrected chi connectivity index (χ4v) is 5.00. The average molecular weight is 418 g/mol. The maximum atomic E-state index is 13.3. The van der Waals surface area contributed by atoms with Gasteiger partial charge in [-0.1, -0.05) is 12.1 Å². The number of hydrogen-bond donors (Lipinski definition) is 2. The predicted molar refractivity (Wildman–Crippen MR) is 126 cm³/mol. The van der Waals surface area contributed by atoms with Crippen LogP contribution in [-0.4, -0.2) is 32.0 Å². The zero-order valence-electron chi connectivity index (χ0n) is 17.1. The molecular weight excluding hydrogens is 390 g/mol. The van der Waals surface area contributed by atoms with Crippen LogP contribution in [0.2, 0.25) is 0 Å². The van der Waals surface area contributed by atoms with E-state index >= 15 is 0 Å². The van der Waals surface area contributed by atoms with Gasteiger partial charge in [-0.2, -0.15) is 0 Å². The number of rotatable bonds is 6. The summed E-state index contributed by atoms with van der Waals surface area (Å²) in [4.78, 5) is 16.9. The molecule has 0 bridgehead atoms. The minimum Gasteiger partial charge on any atom is -0.398 e. The van der Waals surface area contributed by atoms with Crippen molar-refractivity contribution < 1.29 is 4.79 Å². The highest BCUT2D eigenvalue weighted by Gasteiger charge is 2.29. The van der Waals surface area contributed by atoms with Crippen LogP contribution in [0.4, 0.5) is 11.4 Å². The number of nitrogen functional groups attached to an aromatic ring is 1. The Morgan fingerprint density at radius 2 is 1.93 bits per heavy atom. The van der Waals surface area contributed by atoms with E-state index in [0.717, 1.165) is 42.9 Å². The number of Topliss-reactive ketones (excluding diaryl/α,β-unsaturated/α-hetero) is 1. The van der Waals surface area contributed by atoms with Crippen molar-refractivity contribution in [2.45, 2.75) is 25.2 Å². The number of nitrogens with zero attached hydrogens (tertiary/aromatic N) is 1. The Bertz CT molecular complexity index is 1050. The molecule has 1 aromatic heterocycles. The van der Waals surface area contributed by atoms with Crippen molar-refractivity contribution in [3.8, 4) is 10.4 Å². The molecule has 5 rings (SSSR count). The van der Waals surface area contributed by atoms with Crippen LogP contribution < -0.4 is 16.0 Å². The van der Waals surface area contributed by atoms with Crippen LogP contribution in [0.3, 0.4) is 0 Å². The van der Waals surface area contributed by atoms with Crippen molar-refractivity contribution in [1.82, 2.24) is 5.32 Å². The first-order valence-electron chi connectivity index (χ1n) is 10.7. The first-order valence-corrected chi connectivity index (χ1v) is 11.6. The zero-order chi connectivity index (χ0) is 20.5. The largest absolute Gasteiger partial charge is 0.398 e. The van der Waals surface area contributed by atoms with Crippen molar-refractivity contribution in [2.75, 3.05) is 36.8 Å². The van der Waals surface area contributed by atoms with Crippen LogP contribution in [0, 0.1) is 0 Å². The third kappa shape index (κ3) is 4.00. The zero-order valence-corrected chi connectivity index (χ0v) is 17.9. The molecule has 2 aromatic carbocycles. The quantitative estimate of drug-likeness (QED) is 0.450. The van der Waals surface area contributed by atoms with Gasteiger partial charge in [0.1, 0.15) is 0 Å². The molecule has 3 N–H and O–H groups in total. The minimum atomic E-state index is 0.166. The standard InChI is InChI=1S/C25H27N3OS/c26-23-8-5-18(25-2-1-13-30-25)14-19(23)15-24(29)21-7-6-20(16-22(21)17-3-4-17)28-11-9-27-10-12-28/h1-2,5-8,13-14,16-17,27H,3-4,9-12,15,26H2. The Balaban J connectivity index is 1.42. The summed E-state index contributed by atoms with van der Waals surface area (Å²) in [5, 5.41) is 5.47. The number of carbonyl (C=O) groups is 1. The van der Waals surface area contributed by atoms with Gasteiger partial charge >= 0.3 is 0 Å². The van der Waals surface area contributed by atoms with Gasteiger partial charge in [-0.3, -0.25) is 4.79 Å². The van der Waals surface area contributed by atoms with Crippen LogP contribution in [-0.2, 0) is 6.42 Å². The van der Waals surface area contributed by atoms with Crippen LogP contribution in [0.1, 0.15) is 40.2 Å². The van der Waals surface area contributed by atoms with Crippen molar-refractivity contribution in [2.24, 2.45) is 0 Å². The monoisotopic (exact) mass is 417 g/mol. The molecule has 1 aliphatic heterocycles. The Morgan fingerprint density at radius 1 is 1.10 bits per heavy atom. The van der Waals surface area contributed by atoms with Gasteiger partial charge in [-0.15, -0.1) is 11.3 Å². The molecule has 0 unspecified atom stereocenters. The SMILES string of the molecule is Nc1ccc(-c2cccs2)cc1CC(=O)c1ccc(N2CCNCC2)cc1C1CC1. The fourth-order valence-electron chi connectivity index (χ4n) is 4.28. The summed E-state index contributed by atoms with van der Waals surface area (Å²) >= 11 is 1.70. The molecule has 2 aliphatic rings. The summed E-state index contributed by atoms with van der Waals surface area (Å²) in [6, 6.07) is 16.6. The van der Waals surface area contributed by atoms with E-state index < -0.39 is 0 Å². The first kappa shape index (κ1) is 19.3. The Labute approximate surface area is 181 Å². The smallest absolute Gasteiger partial charge is 0.167 e. The maximum absolute atomic E-state index is 13.3. The molecule has 0 atom stereocenters. The molecule has 0 amide bonds. The van der Waals surface area contributed by atoms with Gasteiger partial charge < -0.3 is 16.0 Å². The highest BCUT2D eigenvalue weighted by Crippen LogP contribution is 2.43. The molecule has 1 saturated carbocycles. The molecule has 1 aliphatic carbocycles. The first-order chi connectivity index (χ1) is 14.7. The van der Waals surface area contributed by atoms with E-state index in [1.165, 1.54) is 29.0 Å². The molecule has 0 radical (unpaired) electrons. The highest BCUT2D eigenvalue weighted by atomic mass is 32.1. The van der Waals surface area contributed by atoms with Gasteiger partial charge in [-0.05, 0) is 77.2 Å². The number of ketones is 1. The van der Waals surface area contributed by atoms with Crippen LogP contribution in [0.5, 0.6) is 0 Å². The third-order valence-electron chi connectivity index (χ3n) is 6.13. The lowest BCUT2D eigenvalue weighted by atomic mass is 9.94. The Hall–Kier alpha value is -2.63. The molecule has 4 nitrogen and oxygen atoms in total. The van der Waals surface area contributed by atoms with E-state index in [0.29, 0.717) is 18.0 Å². The predicted octanol–water partition coefficient (Wildman–Crippen LogP) is 4.71. The van der Waals surface area contributed by atoms with Crippen molar-refractivity contribution >= 4 is 28.5 Å². The fraction of sp³-hybridized carbons (Fsp3) is 0.320. The van der Waals surface area contributed by atoms with Gasteiger partial charge in [0, 0.05) is 54.4 Å². The van der Waals surface area contributed by atoms with Gasteiger partial charge in [0.2, 0.25) is 0 Å². The van der Waals surface area contributed by atoms with Crippen molar-refractivity contribution in [3.63, 3.8) is 0 Å². The highest BCUT2D eigenvalue weighted by molar-refractivity contribution is 7.13. The second-order valence-electron chi connectivity index (χ2n) is 8.27. The molecule has 30 heavy (non-hydrogen) atoms. The molecular formula is C25H27N3OS. The van der Waals surface area contributed by atoms with E-state index in [4.69, 9.17) is 5.73 Å². The molecule has 0 spiro atoms. The molecule has 154 valence electrons. The van der Waals surface area contributed by atoms with Crippen LogP contribution in [0.15, 0.2) is 53.9 Å². The molecule has 1 saturated heterocycles. The Morgan fingerprint density at radius 3 is 2.67 bits per heavy atom. The number of nitrogens with two attached hydrogens (primary N) is 1. The van der Waals surface area contributed by atoms with Gasteiger partial charge in [0.25, 0.3) is 0 Å². The van der Waals surface area contributed by atoms with Gasteiger partial charge in [0.05, 0.1) is 0 Å². The van der Waals surface area contributed by atoms with E-state index in [2.05, 4.69) is 39.9 Å². The summed E-state index contributed by atoms with van der Waals surface area (Å²) in [6.45, 7) is 4.06. The maximum Gasteiger partial charge on any atom is 0.167 e. The number of hydrogen-bond acceptors (Lipinski definition) is 5. The number of anilines is 2. The lowest BCUT2D eigenvalue weighted by molar-refractivity contribution is 0.0992. The Kier molecular flexibility index (Phi) is 5.32. The topological polar surface area (TPSA) is 58.4 Å². The van der Waals surface area contributed by atoms with E-state index in [9.17, 15) is 4.79 Å². The molecule has 2 heterocycles. The third-order valence-corrected chi connectivity index (χ3v) is 7.05. The summed E-state index contributed by atoms with van der Waals surface area (Å²) in [6.07, 6.45) is 2.71. The number of thiophene rings is 1. The van der Waals surface area contributed by atoms with Crippen molar-refractivity contribution in [1.29, 1.82) is 0 Å². The number of carbonyl (C=O) groups excluding carboxylic acids is 1. The van der Waals surface area contributed by atoms with Gasteiger partial charge in [-0.25, -0.2) is 0 Å². The van der Waals surface area contributed by atoms with Crippen LogP contribution in [0.25, 0.3) is 10.4 Å². The van der Waals surface area contributed by atoms with E-state index in [1.807, 2.05) is 24.3 Å². The summed E-state index contributed by atoms with van der Waals surface area (Å²) in [5.41, 5.74) is 12.3. The minimum absolute atomic E-state index is 0.166. The number of benzene rings is 2. The molecule has 3 aromatic rings. The summed E-state index contributed by atoms with van der Waals surface area (Å²) < 4.78 is 0. The van der Waals surface area contributed by atoms with E-state index in [-0.39, 0.29) is 5.78 Å². The number of nitrogens with one attached hydrogen (secondary N) is 1. The lowest BCUT2D eigenvalue weighted by Crippen LogP contribution is -2.43. The van der Waals surface area contributed by atoms with Crippen LogP contribution >= 0.6 is 11.3 Å². The second kappa shape index (κ2) is 8.25. The summed E-state index contributed by atoms with van der Waals surface area (Å²) in [7, 11) is 0. The second-order valence-corrected chi connectivity index (χ2v) is 9.22. The lowest BCUT2D eigenvalue weighted by Gasteiger charge is -2.30. The molecule has 2 fully saturated rings. The number of piperazine rings is 1. The molecule has 5 heteroatoms. The normalized spacial score (nSPS) is 16.6. The van der Waals surface area contributed by atoms with Crippen molar-refractivity contribution in [3.05, 3.63) is 70.6 Å². The van der Waals surface area contributed by atoms with E-state index in [1.54, 1.807) is 11.3 Å². The average Bonchev–Trinajstić information content (AvgIpc) is 3.49. The summed E-state index contributed by atoms with van der Waals surface area (Å²) in [5.74, 6) is 0.695.